The van der Waals surface area contributed by atoms with Crippen LogP contribution in [0.1, 0.15) is 39.2 Å². The number of hydrogen-bond donors (Lipinski definition) is 0. The van der Waals surface area contributed by atoms with Crippen LogP contribution in [-0.2, 0) is 0 Å². The number of fused-ring (bicyclic) bond motifs is 1. The van der Waals surface area contributed by atoms with E-state index < -0.39 is 0 Å². The molecule has 4 aromatic rings. The number of nitrogens with zero attached hydrogens (tertiary/aromatic N) is 5. The van der Waals surface area contributed by atoms with Crippen molar-refractivity contribution in [3.05, 3.63) is 71.1 Å². The molecule has 176 valence electrons. The molecule has 7 heteroatoms. The summed E-state index contributed by atoms with van der Waals surface area (Å²) in [5.41, 5.74) is 4.22. The summed E-state index contributed by atoms with van der Waals surface area (Å²) in [4.78, 5) is 14.8. The summed E-state index contributed by atoms with van der Waals surface area (Å²) in [6, 6.07) is 17.4. The lowest BCUT2D eigenvalue weighted by Gasteiger charge is -2.26. The summed E-state index contributed by atoms with van der Waals surface area (Å²) in [7, 11) is 0. The van der Waals surface area contributed by atoms with Gasteiger partial charge in [-0.2, -0.15) is 10.2 Å². The maximum absolute atomic E-state index is 12.4. The molecule has 1 aliphatic heterocycles. The molecule has 7 nitrogen and oxygen atoms in total. The highest BCUT2D eigenvalue weighted by Gasteiger charge is 2.20. The van der Waals surface area contributed by atoms with Gasteiger partial charge in [0.15, 0.2) is 0 Å². The van der Waals surface area contributed by atoms with E-state index in [0.29, 0.717) is 12.3 Å². The predicted molar refractivity (Wildman–Crippen MR) is 134 cm³/mol. The molecule has 0 atom stereocenters. The van der Waals surface area contributed by atoms with Gasteiger partial charge in [0, 0.05) is 30.4 Å². The number of ether oxygens (including phenoxy) is 1. The zero-order valence-electron chi connectivity index (χ0n) is 19.9. The van der Waals surface area contributed by atoms with E-state index in [1.807, 2.05) is 67.0 Å². The summed E-state index contributed by atoms with van der Waals surface area (Å²) in [5, 5.41) is 9.58. The minimum absolute atomic E-state index is 0.0388. The number of likely N-dealkylation sites (tertiary alicyclic amines) is 1. The van der Waals surface area contributed by atoms with Crippen molar-refractivity contribution in [2.45, 2.75) is 39.2 Å². The van der Waals surface area contributed by atoms with Crippen molar-refractivity contribution in [1.82, 2.24) is 24.3 Å². The molecule has 3 aromatic heterocycles. The molecule has 0 N–H and O–H groups in total. The standard InChI is InChI=1S/C27H31N5O2/c1-20(2)32-25(33)12-11-23(28-32)26-24-19-22(34-18-17-30-14-7-4-8-15-30)13-16-31(24)29-27(26)21-9-5-3-6-10-21/h3,5-6,9-13,16,19-20H,4,7-8,14-15,17-18H2,1-2H3. The third kappa shape index (κ3) is 4.61. The Morgan fingerprint density at radius 1 is 0.971 bits per heavy atom. The van der Waals surface area contributed by atoms with Crippen molar-refractivity contribution < 1.29 is 4.74 Å². The molecule has 0 aliphatic carbocycles. The van der Waals surface area contributed by atoms with Crippen LogP contribution >= 0.6 is 0 Å². The van der Waals surface area contributed by atoms with E-state index in [-0.39, 0.29) is 11.6 Å². The average molecular weight is 458 g/mol. The van der Waals surface area contributed by atoms with E-state index in [4.69, 9.17) is 14.9 Å². The Balaban J connectivity index is 1.54. The van der Waals surface area contributed by atoms with Crippen LogP contribution in [0.3, 0.4) is 0 Å². The molecule has 5 rings (SSSR count). The Labute approximate surface area is 199 Å². The first-order chi connectivity index (χ1) is 16.6. The van der Waals surface area contributed by atoms with E-state index >= 15 is 0 Å². The normalized spacial score (nSPS) is 14.7. The van der Waals surface area contributed by atoms with Gasteiger partial charge in [0.1, 0.15) is 18.1 Å². The van der Waals surface area contributed by atoms with Gasteiger partial charge in [0.05, 0.1) is 22.8 Å². The van der Waals surface area contributed by atoms with Crippen LogP contribution in [0, 0.1) is 0 Å². The summed E-state index contributed by atoms with van der Waals surface area (Å²) >= 11 is 0. The molecule has 1 aromatic carbocycles. The second-order valence-electron chi connectivity index (χ2n) is 9.13. The molecule has 4 heterocycles. The first-order valence-corrected chi connectivity index (χ1v) is 12.1. The van der Waals surface area contributed by atoms with Crippen molar-refractivity contribution in [2.75, 3.05) is 26.2 Å². The lowest BCUT2D eigenvalue weighted by Crippen LogP contribution is -2.33. The third-order valence-corrected chi connectivity index (χ3v) is 6.35. The number of aromatic nitrogens is 4. The van der Waals surface area contributed by atoms with Crippen LogP contribution in [0.4, 0.5) is 0 Å². The number of hydrogen-bond acceptors (Lipinski definition) is 5. The molecule has 0 unspecified atom stereocenters. The van der Waals surface area contributed by atoms with Crippen LogP contribution in [0.2, 0.25) is 0 Å². The molecule has 1 aliphatic rings. The lowest BCUT2D eigenvalue weighted by molar-refractivity contribution is 0.183. The van der Waals surface area contributed by atoms with Crippen LogP contribution < -0.4 is 10.3 Å². The highest BCUT2D eigenvalue weighted by atomic mass is 16.5. The predicted octanol–water partition coefficient (Wildman–Crippen LogP) is 4.67. The van der Waals surface area contributed by atoms with Gasteiger partial charge in [-0.25, -0.2) is 9.20 Å². The van der Waals surface area contributed by atoms with Gasteiger partial charge >= 0.3 is 0 Å². The molecule has 0 radical (unpaired) electrons. The summed E-state index contributed by atoms with van der Waals surface area (Å²) in [6.45, 7) is 7.83. The molecule has 0 amide bonds. The highest BCUT2D eigenvalue weighted by molar-refractivity contribution is 5.91. The molecule has 34 heavy (non-hydrogen) atoms. The van der Waals surface area contributed by atoms with Gasteiger partial charge in [-0.1, -0.05) is 36.8 Å². The SMILES string of the molecule is CC(C)n1nc(-c2c(-c3ccccc3)nn3ccc(OCCN4CCCCC4)cc23)ccc1=O. The Hall–Kier alpha value is -3.45. The van der Waals surface area contributed by atoms with Crippen LogP contribution in [0.15, 0.2) is 65.6 Å². The maximum Gasteiger partial charge on any atom is 0.267 e. The monoisotopic (exact) mass is 457 g/mol. The van der Waals surface area contributed by atoms with E-state index in [1.165, 1.54) is 23.9 Å². The fourth-order valence-corrected chi connectivity index (χ4v) is 4.57. The van der Waals surface area contributed by atoms with Gasteiger partial charge < -0.3 is 4.74 Å². The van der Waals surface area contributed by atoms with Crippen molar-refractivity contribution in [3.8, 4) is 28.3 Å². The lowest BCUT2D eigenvalue weighted by atomic mass is 10.0. The molecular formula is C27H31N5O2. The number of benzene rings is 1. The average Bonchev–Trinajstić information content (AvgIpc) is 3.24. The van der Waals surface area contributed by atoms with E-state index in [0.717, 1.165) is 47.7 Å². The molecule has 0 bridgehead atoms. The van der Waals surface area contributed by atoms with Crippen LogP contribution in [0.5, 0.6) is 5.75 Å². The first kappa shape index (κ1) is 22.3. The van der Waals surface area contributed by atoms with E-state index in [1.54, 1.807) is 12.1 Å². The quantitative estimate of drug-likeness (QED) is 0.404. The van der Waals surface area contributed by atoms with Gasteiger partial charge in [0.25, 0.3) is 5.56 Å². The second-order valence-corrected chi connectivity index (χ2v) is 9.13. The van der Waals surface area contributed by atoms with E-state index in [9.17, 15) is 4.79 Å². The van der Waals surface area contributed by atoms with Crippen molar-refractivity contribution in [3.63, 3.8) is 0 Å². The maximum atomic E-state index is 12.4. The summed E-state index contributed by atoms with van der Waals surface area (Å²) < 4.78 is 9.53. The van der Waals surface area contributed by atoms with Crippen LogP contribution in [0.25, 0.3) is 28.0 Å². The highest BCUT2D eigenvalue weighted by Crippen LogP contribution is 2.35. The minimum atomic E-state index is -0.113. The third-order valence-electron chi connectivity index (χ3n) is 6.35. The van der Waals surface area contributed by atoms with Crippen LogP contribution in [-0.4, -0.2) is 50.5 Å². The largest absolute Gasteiger partial charge is 0.492 e. The molecular weight excluding hydrogens is 426 g/mol. The molecule has 0 spiro atoms. The van der Waals surface area contributed by atoms with Crippen molar-refractivity contribution in [2.24, 2.45) is 0 Å². The zero-order chi connectivity index (χ0) is 23.5. The van der Waals surface area contributed by atoms with Gasteiger partial charge in [-0.3, -0.25) is 9.69 Å². The number of pyridine rings is 1. The molecule has 0 saturated carbocycles. The summed E-state index contributed by atoms with van der Waals surface area (Å²) in [6.07, 6.45) is 5.82. The molecule has 1 saturated heterocycles. The second kappa shape index (κ2) is 9.81. The Morgan fingerprint density at radius 2 is 1.76 bits per heavy atom. The van der Waals surface area contributed by atoms with Crippen molar-refractivity contribution in [1.29, 1.82) is 0 Å². The Bertz CT molecular complexity index is 1320. The molecule has 1 fully saturated rings. The van der Waals surface area contributed by atoms with Gasteiger partial charge in [-0.05, 0) is 51.9 Å². The fourth-order valence-electron chi connectivity index (χ4n) is 4.57. The topological polar surface area (TPSA) is 64.7 Å². The summed E-state index contributed by atoms with van der Waals surface area (Å²) in [5.74, 6) is 0.808. The van der Waals surface area contributed by atoms with Gasteiger partial charge in [-0.15, -0.1) is 0 Å². The Morgan fingerprint density at radius 3 is 2.53 bits per heavy atom. The Kier molecular flexibility index (Phi) is 6.45. The minimum Gasteiger partial charge on any atom is -0.492 e. The number of piperidine rings is 1. The van der Waals surface area contributed by atoms with E-state index in [2.05, 4.69) is 4.90 Å². The zero-order valence-corrected chi connectivity index (χ0v) is 19.9. The first-order valence-electron chi connectivity index (χ1n) is 12.1. The van der Waals surface area contributed by atoms with Gasteiger partial charge in [0.2, 0.25) is 0 Å². The smallest absolute Gasteiger partial charge is 0.267 e. The fraction of sp³-hybridized carbons (Fsp3) is 0.370. The van der Waals surface area contributed by atoms with Crippen molar-refractivity contribution >= 4 is 5.52 Å². The number of rotatable bonds is 7.